The van der Waals surface area contributed by atoms with Crippen LogP contribution < -0.4 is 11.1 Å². The maximum atomic E-state index is 12.4. The van der Waals surface area contributed by atoms with E-state index in [2.05, 4.69) is 10.3 Å². The van der Waals surface area contributed by atoms with Crippen molar-refractivity contribution in [2.75, 3.05) is 0 Å². The van der Waals surface area contributed by atoms with Gasteiger partial charge in [-0.2, -0.15) is 0 Å². The minimum absolute atomic E-state index is 0. The molecule has 0 aromatic carbocycles. The number of carbonyl (C=O) groups excluding carboxylic acids is 1. The van der Waals surface area contributed by atoms with Gasteiger partial charge in [0.05, 0.1) is 12.0 Å². The number of halogens is 2. The highest BCUT2D eigenvalue weighted by Gasteiger charge is 2.49. The molecule has 0 saturated heterocycles. The largest absolute Gasteiger partial charge is 0.347 e. The van der Waals surface area contributed by atoms with Gasteiger partial charge in [-0.25, -0.2) is 4.98 Å². The van der Waals surface area contributed by atoms with E-state index in [0.29, 0.717) is 11.8 Å². The van der Waals surface area contributed by atoms with Gasteiger partial charge in [-0.05, 0) is 44.9 Å². The lowest BCUT2D eigenvalue weighted by molar-refractivity contribution is -0.127. The summed E-state index contributed by atoms with van der Waals surface area (Å²) in [5.41, 5.74) is 7.22. The monoisotopic (exact) mass is 351 g/mol. The van der Waals surface area contributed by atoms with E-state index in [1.54, 1.807) is 11.3 Å². The fraction of sp³-hybridized carbons (Fsp3) is 0.714. The molecule has 2 bridgehead atoms. The average molecular weight is 352 g/mol. The summed E-state index contributed by atoms with van der Waals surface area (Å²) in [5, 5.41) is 6.09. The molecule has 1 amide bonds. The van der Waals surface area contributed by atoms with Crippen LogP contribution in [0.3, 0.4) is 0 Å². The maximum absolute atomic E-state index is 12.4. The Morgan fingerprint density at radius 3 is 2.62 bits per heavy atom. The first-order chi connectivity index (χ1) is 9.06. The highest BCUT2D eigenvalue weighted by molar-refractivity contribution is 7.09. The first kappa shape index (κ1) is 18.7. The first-order valence-electron chi connectivity index (χ1n) is 7.04. The predicted octanol–water partition coefficient (Wildman–Crippen LogP) is 2.85. The molecule has 1 aromatic heterocycles. The number of aryl methyl sites for hydroxylation is 1. The number of nitrogens with zero attached hydrogens (tertiary/aromatic N) is 1. The molecule has 120 valence electrons. The molecule has 2 fully saturated rings. The van der Waals surface area contributed by atoms with Crippen molar-refractivity contribution in [1.82, 2.24) is 10.3 Å². The molecule has 2 aliphatic carbocycles. The first-order valence-corrected chi connectivity index (χ1v) is 7.92. The Balaban J connectivity index is 0.00000110. The van der Waals surface area contributed by atoms with Crippen LogP contribution in [0.15, 0.2) is 5.38 Å². The second-order valence-electron chi connectivity index (χ2n) is 5.99. The zero-order valence-electron chi connectivity index (χ0n) is 12.2. The number of nitrogens with one attached hydrogen (secondary N) is 1. The van der Waals surface area contributed by atoms with Crippen LogP contribution in [0.1, 0.15) is 42.9 Å². The van der Waals surface area contributed by atoms with Crippen molar-refractivity contribution in [2.45, 2.75) is 45.2 Å². The number of rotatable bonds is 3. The zero-order valence-corrected chi connectivity index (χ0v) is 14.7. The smallest absolute Gasteiger partial charge is 0.225 e. The second kappa shape index (κ2) is 7.27. The molecule has 0 spiro atoms. The van der Waals surface area contributed by atoms with Crippen molar-refractivity contribution in [3.05, 3.63) is 16.1 Å². The fourth-order valence-corrected chi connectivity index (χ4v) is 4.47. The van der Waals surface area contributed by atoms with Gasteiger partial charge in [-0.15, -0.1) is 36.2 Å². The minimum Gasteiger partial charge on any atom is -0.347 e. The fourth-order valence-electron chi connectivity index (χ4n) is 3.67. The zero-order chi connectivity index (χ0) is 13.6. The number of thiazole rings is 1. The van der Waals surface area contributed by atoms with Crippen LogP contribution >= 0.6 is 36.2 Å². The standard InChI is InChI=1S/C14H21N3OS.2ClH/c1-7-6-19-14(16-7)8(2)17-13(18)11-9-3-4-10(5-9)12(11)15;;/h6,8-12H,3-5,15H2,1-2H3,(H,17,18);2*1H. The second-order valence-corrected chi connectivity index (χ2v) is 6.88. The summed E-state index contributed by atoms with van der Waals surface area (Å²) < 4.78 is 0. The third-order valence-corrected chi connectivity index (χ3v) is 5.79. The van der Waals surface area contributed by atoms with E-state index in [9.17, 15) is 4.79 Å². The Morgan fingerprint density at radius 1 is 1.43 bits per heavy atom. The van der Waals surface area contributed by atoms with Gasteiger partial charge < -0.3 is 11.1 Å². The van der Waals surface area contributed by atoms with Crippen molar-refractivity contribution in [3.63, 3.8) is 0 Å². The average Bonchev–Trinajstić information content (AvgIpc) is 3.03. The van der Waals surface area contributed by atoms with Crippen LogP contribution in [0.4, 0.5) is 0 Å². The summed E-state index contributed by atoms with van der Waals surface area (Å²) in [5.74, 6) is 1.21. The topological polar surface area (TPSA) is 68.0 Å². The van der Waals surface area contributed by atoms with Gasteiger partial charge in [-0.3, -0.25) is 4.79 Å². The van der Waals surface area contributed by atoms with Gasteiger partial charge in [0, 0.05) is 17.1 Å². The molecule has 2 saturated carbocycles. The summed E-state index contributed by atoms with van der Waals surface area (Å²) in [6.45, 7) is 3.97. The Labute approximate surface area is 142 Å². The van der Waals surface area contributed by atoms with Gasteiger partial charge in [0.1, 0.15) is 5.01 Å². The van der Waals surface area contributed by atoms with E-state index in [4.69, 9.17) is 5.73 Å². The highest BCUT2D eigenvalue weighted by atomic mass is 35.5. The number of aromatic nitrogens is 1. The highest BCUT2D eigenvalue weighted by Crippen LogP contribution is 2.47. The number of hydrogen-bond donors (Lipinski definition) is 2. The summed E-state index contributed by atoms with van der Waals surface area (Å²) in [6, 6.07) is 0.0431. The van der Waals surface area contributed by atoms with Gasteiger partial charge >= 0.3 is 0 Å². The molecular formula is C14H23Cl2N3OS. The van der Waals surface area contributed by atoms with E-state index in [-0.39, 0.29) is 48.7 Å². The molecule has 1 heterocycles. The molecule has 0 radical (unpaired) electrons. The quantitative estimate of drug-likeness (QED) is 0.879. The number of hydrogen-bond acceptors (Lipinski definition) is 4. The molecule has 5 atom stereocenters. The van der Waals surface area contributed by atoms with Crippen LogP contribution in [0.2, 0.25) is 0 Å². The molecule has 4 nitrogen and oxygen atoms in total. The molecule has 1 aromatic rings. The van der Waals surface area contributed by atoms with Gasteiger partial charge in [0.2, 0.25) is 5.91 Å². The van der Waals surface area contributed by atoms with Gasteiger partial charge in [0.15, 0.2) is 0 Å². The van der Waals surface area contributed by atoms with Crippen LogP contribution in [0.25, 0.3) is 0 Å². The molecule has 21 heavy (non-hydrogen) atoms. The number of fused-ring (bicyclic) bond motifs is 2. The Hall–Kier alpha value is -0.360. The van der Waals surface area contributed by atoms with E-state index < -0.39 is 0 Å². The molecule has 5 unspecified atom stereocenters. The summed E-state index contributed by atoms with van der Waals surface area (Å²) >= 11 is 1.60. The lowest BCUT2D eigenvalue weighted by Crippen LogP contribution is -2.45. The lowest BCUT2D eigenvalue weighted by atomic mass is 9.84. The van der Waals surface area contributed by atoms with E-state index in [0.717, 1.165) is 17.1 Å². The van der Waals surface area contributed by atoms with E-state index in [1.165, 1.54) is 12.8 Å². The summed E-state index contributed by atoms with van der Waals surface area (Å²) in [6.07, 6.45) is 3.52. The van der Waals surface area contributed by atoms with Crippen molar-refractivity contribution in [2.24, 2.45) is 23.5 Å². The van der Waals surface area contributed by atoms with Gasteiger partial charge in [0.25, 0.3) is 0 Å². The normalized spacial score (nSPS) is 31.2. The van der Waals surface area contributed by atoms with Crippen LogP contribution in [0.5, 0.6) is 0 Å². The van der Waals surface area contributed by atoms with Crippen LogP contribution in [-0.4, -0.2) is 16.9 Å². The molecule has 2 aliphatic rings. The van der Waals surface area contributed by atoms with Crippen molar-refractivity contribution < 1.29 is 4.79 Å². The van der Waals surface area contributed by atoms with E-state index >= 15 is 0 Å². The van der Waals surface area contributed by atoms with Crippen molar-refractivity contribution in [1.29, 1.82) is 0 Å². The molecule has 3 N–H and O–H groups in total. The van der Waals surface area contributed by atoms with Crippen molar-refractivity contribution in [3.8, 4) is 0 Å². The SMILES string of the molecule is Cc1csc(C(C)NC(=O)C2C3CCC(C3)C2N)n1.Cl.Cl. The molecular weight excluding hydrogens is 329 g/mol. The molecule has 3 rings (SSSR count). The van der Waals surface area contributed by atoms with Crippen LogP contribution in [-0.2, 0) is 4.79 Å². The van der Waals surface area contributed by atoms with Crippen molar-refractivity contribution >= 4 is 42.1 Å². The molecule has 7 heteroatoms. The Morgan fingerprint density at radius 2 is 2.10 bits per heavy atom. The third-order valence-electron chi connectivity index (χ3n) is 4.65. The van der Waals surface area contributed by atoms with E-state index in [1.807, 2.05) is 19.2 Å². The minimum atomic E-state index is -0.0162. The lowest BCUT2D eigenvalue weighted by Gasteiger charge is -2.28. The van der Waals surface area contributed by atoms with Gasteiger partial charge in [-0.1, -0.05) is 0 Å². The number of nitrogens with two attached hydrogens (primary N) is 1. The summed E-state index contributed by atoms with van der Waals surface area (Å²) in [4.78, 5) is 16.9. The Bertz CT molecular complexity index is 494. The third kappa shape index (κ3) is 3.52. The predicted molar refractivity (Wildman–Crippen MR) is 90.2 cm³/mol. The molecule has 0 aliphatic heterocycles. The van der Waals surface area contributed by atoms with Crippen LogP contribution in [0, 0.1) is 24.7 Å². The maximum Gasteiger partial charge on any atom is 0.225 e. The Kier molecular flexibility index (Phi) is 6.47. The summed E-state index contributed by atoms with van der Waals surface area (Å²) in [7, 11) is 0. The number of amides is 1. The number of carbonyl (C=O) groups is 1.